The highest BCUT2D eigenvalue weighted by atomic mass is 127. The molecule has 0 bridgehead atoms. The summed E-state index contributed by atoms with van der Waals surface area (Å²) in [4.78, 5) is 9.26. The zero-order valence-electron chi connectivity index (χ0n) is 11.7. The van der Waals surface area contributed by atoms with Crippen molar-refractivity contribution >= 4 is 28.4 Å². The molecule has 1 unspecified atom stereocenters. The van der Waals surface area contributed by atoms with E-state index in [1.165, 1.54) is 0 Å². The summed E-state index contributed by atoms with van der Waals surface area (Å²) in [5.41, 5.74) is 1.09. The number of anilines is 1. The maximum atomic E-state index is 5.50. The number of ether oxygens (including phenoxy) is 1. The second-order valence-electron chi connectivity index (χ2n) is 4.55. The van der Waals surface area contributed by atoms with Crippen LogP contribution in [0.1, 0.15) is 57.2 Å². The average molecular weight is 363 g/mol. The Bertz CT molecular complexity index is 396. The van der Waals surface area contributed by atoms with E-state index in [-0.39, 0.29) is 6.10 Å². The number of hydrogen-bond donors (Lipinski definition) is 1. The highest BCUT2D eigenvalue weighted by Gasteiger charge is 2.19. The van der Waals surface area contributed by atoms with Crippen molar-refractivity contribution in [3.8, 4) is 0 Å². The van der Waals surface area contributed by atoms with Crippen molar-refractivity contribution in [3.63, 3.8) is 0 Å². The van der Waals surface area contributed by atoms with E-state index in [9.17, 15) is 0 Å². The number of hydrogen-bond acceptors (Lipinski definition) is 4. The fourth-order valence-corrected chi connectivity index (χ4v) is 2.92. The van der Waals surface area contributed by atoms with Gasteiger partial charge in [-0.3, -0.25) is 0 Å². The smallest absolute Gasteiger partial charge is 0.159 e. The number of nitrogens with one attached hydrogen (secondary N) is 1. The predicted octanol–water partition coefficient (Wildman–Crippen LogP) is 3.73. The van der Waals surface area contributed by atoms with Crippen molar-refractivity contribution < 1.29 is 4.74 Å². The molecule has 0 aromatic carbocycles. The largest absolute Gasteiger partial charge is 0.373 e. The number of halogens is 1. The van der Waals surface area contributed by atoms with Gasteiger partial charge in [0.25, 0.3) is 0 Å². The van der Waals surface area contributed by atoms with Gasteiger partial charge in [0.05, 0.1) is 9.26 Å². The van der Waals surface area contributed by atoms with Gasteiger partial charge in [0, 0.05) is 14.2 Å². The highest BCUT2D eigenvalue weighted by molar-refractivity contribution is 14.1. The van der Waals surface area contributed by atoms with Gasteiger partial charge in [-0.2, -0.15) is 0 Å². The van der Waals surface area contributed by atoms with Crippen LogP contribution in [0.2, 0.25) is 0 Å². The molecule has 102 valence electrons. The van der Waals surface area contributed by atoms with E-state index in [4.69, 9.17) is 4.74 Å². The van der Waals surface area contributed by atoms with Gasteiger partial charge < -0.3 is 10.1 Å². The SMILES string of the molecule is CCCC(OC)c1nc(NC)c(I)c(C(C)C)n1. The lowest BCUT2D eigenvalue weighted by molar-refractivity contribution is 0.0874. The lowest BCUT2D eigenvalue weighted by Crippen LogP contribution is -2.13. The first kappa shape index (κ1) is 15.6. The number of methoxy groups -OCH3 is 1. The zero-order valence-corrected chi connectivity index (χ0v) is 13.9. The topological polar surface area (TPSA) is 47.0 Å². The molecule has 1 aromatic heterocycles. The van der Waals surface area contributed by atoms with Crippen LogP contribution in [0.4, 0.5) is 5.82 Å². The van der Waals surface area contributed by atoms with Gasteiger partial charge >= 0.3 is 0 Å². The molecular weight excluding hydrogens is 341 g/mol. The minimum atomic E-state index is -0.0170. The summed E-state index contributed by atoms with van der Waals surface area (Å²) in [5, 5.41) is 3.14. The summed E-state index contributed by atoms with van der Waals surface area (Å²) < 4.78 is 6.59. The van der Waals surface area contributed by atoms with E-state index in [1.807, 2.05) is 7.05 Å². The average Bonchev–Trinajstić information content (AvgIpc) is 2.36. The Hall–Kier alpha value is -0.430. The Balaban J connectivity index is 3.23. The first-order valence-corrected chi connectivity index (χ1v) is 7.40. The molecule has 1 aromatic rings. The summed E-state index contributed by atoms with van der Waals surface area (Å²) >= 11 is 2.30. The Morgan fingerprint density at radius 3 is 2.44 bits per heavy atom. The molecule has 5 heteroatoms. The van der Waals surface area contributed by atoms with Crippen LogP contribution in [0.15, 0.2) is 0 Å². The minimum absolute atomic E-state index is 0.0170. The molecule has 0 aliphatic heterocycles. The highest BCUT2D eigenvalue weighted by Crippen LogP contribution is 2.28. The minimum Gasteiger partial charge on any atom is -0.373 e. The van der Waals surface area contributed by atoms with Crippen LogP contribution >= 0.6 is 22.6 Å². The molecule has 1 rings (SSSR count). The Kier molecular flexibility index (Phi) is 6.28. The van der Waals surface area contributed by atoms with Crippen LogP contribution in [0.25, 0.3) is 0 Å². The quantitative estimate of drug-likeness (QED) is 0.783. The first-order valence-electron chi connectivity index (χ1n) is 6.32. The summed E-state index contributed by atoms with van der Waals surface area (Å²) in [7, 11) is 3.61. The standard InChI is InChI=1S/C13H22IN3O/c1-6-7-9(18-5)12-16-11(8(2)3)10(14)13(15-4)17-12/h8-9H,6-7H2,1-5H3,(H,15,16,17). The second kappa shape index (κ2) is 7.23. The third kappa shape index (κ3) is 3.54. The van der Waals surface area contributed by atoms with Gasteiger partial charge in [0.2, 0.25) is 0 Å². The van der Waals surface area contributed by atoms with Crippen LogP contribution < -0.4 is 5.32 Å². The van der Waals surface area contributed by atoms with E-state index in [0.717, 1.165) is 33.7 Å². The second-order valence-corrected chi connectivity index (χ2v) is 5.63. The van der Waals surface area contributed by atoms with Crippen molar-refractivity contribution in [2.45, 2.75) is 45.6 Å². The molecule has 0 spiro atoms. The van der Waals surface area contributed by atoms with Crippen LogP contribution in [0.3, 0.4) is 0 Å². The van der Waals surface area contributed by atoms with Crippen molar-refractivity contribution in [1.82, 2.24) is 9.97 Å². The van der Waals surface area contributed by atoms with Gasteiger partial charge in [-0.1, -0.05) is 27.2 Å². The monoisotopic (exact) mass is 363 g/mol. The Morgan fingerprint density at radius 1 is 1.33 bits per heavy atom. The zero-order chi connectivity index (χ0) is 13.7. The number of nitrogens with zero attached hydrogens (tertiary/aromatic N) is 2. The van der Waals surface area contributed by atoms with Crippen molar-refractivity contribution in [2.75, 3.05) is 19.5 Å². The lowest BCUT2D eigenvalue weighted by Gasteiger charge is -2.18. The molecule has 0 amide bonds. The molecule has 1 N–H and O–H groups in total. The van der Waals surface area contributed by atoms with Gasteiger partial charge in [-0.05, 0) is 34.9 Å². The molecule has 4 nitrogen and oxygen atoms in total. The van der Waals surface area contributed by atoms with Crippen LogP contribution in [-0.4, -0.2) is 24.1 Å². The van der Waals surface area contributed by atoms with Gasteiger partial charge in [0.1, 0.15) is 11.9 Å². The predicted molar refractivity (Wildman–Crippen MR) is 83.0 cm³/mol. The maximum absolute atomic E-state index is 5.50. The van der Waals surface area contributed by atoms with Gasteiger partial charge in [-0.15, -0.1) is 0 Å². The lowest BCUT2D eigenvalue weighted by atomic mass is 10.1. The molecule has 0 radical (unpaired) electrons. The molecule has 0 saturated carbocycles. The molecule has 0 saturated heterocycles. The number of rotatable bonds is 6. The fraction of sp³-hybridized carbons (Fsp3) is 0.692. The third-order valence-corrected chi connectivity index (χ3v) is 3.86. The van der Waals surface area contributed by atoms with E-state index < -0.39 is 0 Å². The molecule has 18 heavy (non-hydrogen) atoms. The number of aromatic nitrogens is 2. The Morgan fingerprint density at radius 2 is 2.00 bits per heavy atom. The van der Waals surface area contributed by atoms with Crippen LogP contribution in [0, 0.1) is 3.57 Å². The van der Waals surface area contributed by atoms with Gasteiger partial charge in [0.15, 0.2) is 5.82 Å². The van der Waals surface area contributed by atoms with Crippen molar-refractivity contribution in [1.29, 1.82) is 0 Å². The fourth-order valence-electron chi connectivity index (χ4n) is 1.79. The van der Waals surface area contributed by atoms with Gasteiger partial charge in [-0.25, -0.2) is 9.97 Å². The van der Waals surface area contributed by atoms with E-state index >= 15 is 0 Å². The van der Waals surface area contributed by atoms with E-state index in [0.29, 0.717) is 5.92 Å². The molecule has 1 heterocycles. The van der Waals surface area contributed by atoms with Crippen LogP contribution in [-0.2, 0) is 4.74 Å². The molecule has 0 fully saturated rings. The molecule has 0 aliphatic rings. The third-order valence-electron chi connectivity index (χ3n) is 2.80. The summed E-state index contributed by atoms with van der Waals surface area (Å²) in [6, 6.07) is 0. The van der Waals surface area contributed by atoms with Crippen molar-refractivity contribution in [2.24, 2.45) is 0 Å². The summed E-state index contributed by atoms with van der Waals surface area (Å²) in [6.07, 6.45) is 1.98. The Labute approximate surface area is 123 Å². The summed E-state index contributed by atoms with van der Waals surface area (Å²) in [6.45, 7) is 6.44. The van der Waals surface area contributed by atoms with E-state index in [1.54, 1.807) is 7.11 Å². The van der Waals surface area contributed by atoms with E-state index in [2.05, 4.69) is 58.6 Å². The normalized spacial score (nSPS) is 12.8. The first-order chi connectivity index (χ1) is 8.54. The molecule has 1 atom stereocenters. The molecular formula is C13H22IN3O. The summed E-state index contributed by atoms with van der Waals surface area (Å²) in [5.74, 6) is 2.06. The maximum Gasteiger partial charge on any atom is 0.159 e. The molecule has 0 aliphatic carbocycles. The van der Waals surface area contributed by atoms with Crippen LogP contribution in [0.5, 0.6) is 0 Å². The van der Waals surface area contributed by atoms with Crippen molar-refractivity contribution in [3.05, 3.63) is 15.1 Å².